The Hall–Kier alpha value is -1.57. The fraction of sp³-hybridized carbons (Fsp3) is 0.333. The summed E-state index contributed by atoms with van der Waals surface area (Å²) in [5.74, 6) is 0.808. The van der Waals surface area contributed by atoms with Crippen molar-refractivity contribution in [3.8, 4) is 5.75 Å². The summed E-state index contributed by atoms with van der Waals surface area (Å²) < 4.78 is 33.8. The van der Waals surface area contributed by atoms with Gasteiger partial charge in [-0.15, -0.1) is 0 Å². The van der Waals surface area contributed by atoms with Crippen molar-refractivity contribution >= 4 is 31.6 Å². The van der Waals surface area contributed by atoms with Crippen molar-refractivity contribution in [3.63, 3.8) is 0 Å². The number of hydrogen-bond donors (Lipinski definition) is 0. The quantitative estimate of drug-likeness (QED) is 0.755. The van der Waals surface area contributed by atoms with Crippen LogP contribution in [0.1, 0.15) is 5.56 Å². The van der Waals surface area contributed by atoms with E-state index in [2.05, 4.69) is 20.8 Å². The average molecular weight is 425 g/mol. The number of aryl methyl sites for hydroxylation is 1. The number of piperazine rings is 1. The summed E-state index contributed by atoms with van der Waals surface area (Å²) in [6, 6.07) is 13.1. The van der Waals surface area contributed by atoms with E-state index < -0.39 is 10.0 Å². The van der Waals surface area contributed by atoms with Crippen LogP contribution in [0.3, 0.4) is 0 Å². The minimum Gasteiger partial charge on any atom is -0.495 e. The van der Waals surface area contributed by atoms with Crippen LogP contribution in [-0.4, -0.2) is 46.0 Å². The van der Waals surface area contributed by atoms with Gasteiger partial charge in [-0.25, -0.2) is 8.42 Å². The molecule has 0 aromatic heterocycles. The number of halogens is 1. The lowest BCUT2D eigenvalue weighted by atomic mass is 10.2. The van der Waals surface area contributed by atoms with E-state index >= 15 is 0 Å². The van der Waals surface area contributed by atoms with Gasteiger partial charge in [0.1, 0.15) is 5.75 Å². The molecule has 0 bridgehead atoms. The van der Waals surface area contributed by atoms with Gasteiger partial charge in [-0.2, -0.15) is 4.31 Å². The van der Waals surface area contributed by atoms with Crippen molar-refractivity contribution in [2.75, 3.05) is 38.2 Å². The van der Waals surface area contributed by atoms with Crippen molar-refractivity contribution in [1.82, 2.24) is 4.31 Å². The maximum absolute atomic E-state index is 13.0. The van der Waals surface area contributed by atoms with Crippen molar-refractivity contribution in [2.24, 2.45) is 0 Å². The molecule has 1 aliphatic rings. The number of benzene rings is 2. The molecule has 2 aromatic rings. The molecule has 0 atom stereocenters. The maximum Gasteiger partial charge on any atom is 0.243 e. The minimum absolute atomic E-state index is 0.376. The molecule has 1 aliphatic heterocycles. The van der Waals surface area contributed by atoms with E-state index in [1.165, 1.54) is 0 Å². The highest BCUT2D eigenvalue weighted by Gasteiger charge is 2.30. The second-order valence-electron chi connectivity index (χ2n) is 5.97. The normalized spacial score (nSPS) is 16.0. The Morgan fingerprint density at radius 3 is 2.36 bits per heavy atom. The highest BCUT2D eigenvalue weighted by molar-refractivity contribution is 9.10. The molecule has 0 radical (unpaired) electrons. The zero-order valence-electron chi connectivity index (χ0n) is 14.3. The van der Waals surface area contributed by atoms with E-state index in [0.29, 0.717) is 31.1 Å². The van der Waals surface area contributed by atoms with E-state index in [4.69, 9.17) is 4.74 Å². The highest BCUT2D eigenvalue weighted by Crippen LogP contribution is 2.30. The summed E-state index contributed by atoms with van der Waals surface area (Å²) >= 11 is 3.38. The first-order chi connectivity index (χ1) is 11.9. The average Bonchev–Trinajstić information content (AvgIpc) is 2.61. The smallest absolute Gasteiger partial charge is 0.243 e. The molecule has 1 saturated heterocycles. The number of sulfonamides is 1. The van der Waals surface area contributed by atoms with E-state index in [1.807, 2.05) is 37.3 Å². The van der Waals surface area contributed by atoms with E-state index in [1.54, 1.807) is 23.5 Å². The topological polar surface area (TPSA) is 49.9 Å². The Bertz CT molecular complexity index is 862. The molecule has 0 spiro atoms. The Morgan fingerprint density at radius 1 is 1.04 bits per heavy atom. The number of para-hydroxylation sites is 2. The number of nitrogens with zero attached hydrogens (tertiary/aromatic N) is 2. The Morgan fingerprint density at radius 2 is 1.72 bits per heavy atom. The summed E-state index contributed by atoms with van der Waals surface area (Å²) in [6.45, 7) is 4.00. The first kappa shape index (κ1) is 18.2. The van der Waals surface area contributed by atoms with Gasteiger partial charge in [0.15, 0.2) is 0 Å². The van der Waals surface area contributed by atoms with Crippen LogP contribution in [0.4, 0.5) is 5.69 Å². The zero-order chi connectivity index (χ0) is 18.0. The fourth-order valence-corrected chi connectivity index (χ4v) is 5.21. The molecule has 0 unspecified atom stereocenters. The molecule has 5 nitrogen and oxygen atoms in total. The number of hydrogen-bond acceptors (Lipinski definition) is 4. The van der Waals surface area contributed by atoms with Crippen LogP contribution in [0.2, 0.25) is 0 Å². The molecule has 134 valence electrons. The van der Waals surface area contributed by atoms with Gasteiger partial charge in [0.2, 0.25) is 10.0 Å². The van der Waals surface area contributed by atoms with E-state index in [0.717, 1.165) is 21.5 Å². The molecule has 7 heteroatoms. The van der Waals surface area contributed by atoms with Crippen molar-refractivity contribution in [3.05, 3.63) is 52.5 Å². The van der Waals surface area contributed by atoms with Gasteiger partial charge in [-0.05, 0) is 42.8 Å². The summed E-state index contributed by atoms with van der Waals surface area (Å²) in [5.41, 5.74) is 1.75. The molecular weight excluding hydrogens is 404 g/mol. The fourth-order valence-electron chi connectivity index (χ4n) is 3.10. The maximum atomic E-state index is 13.0. The van der Waals surface area contributed by atoms with Crippen molar-refractivity contribution in [2.45, 2.75) is 11.8 Å². The SMILES string of the molecule is COc1ccccc1N1CCN(S(=O)(=O)c2ccc(Br)cc2C)CC1. The minimum atomic E-state index is -3.48. The van der Waals surface area contributed by atoms with Crippen LogP contribution >= 0.6 is 15.9 Å². The second kappa shape index (κ2) is 7.35. The number of methoxy groups -OCH3 is 1. The standard InChI is InChI=1S/C18H21BrN2O3S/c1-14-13-15(19)7-8-18(14)25(22,23)21-11-9-20(10-12-21)16-5-3-4-6-17(16)24-2/h3-8,13H,9-12H2,1-2H3. The zero-order valence-corrected chi connectivity index (χ0v) is 16.7. The molecule has 2 aromatic carbocycles. The van der Waals surface area contributed by atoms with Crippen molar-refractivity contribution in [1.29, 1.82) is 0 Å². The third kappa shape index (κ3) is 3.68. The van der Waals surface area contributed by atoms with Crippen LogP contribution in [0.5, 0.6) is 5.75 Å². The van der Waals surface area contributed by atoms with Crippen LogP contribution in [0, 0.1) is 6.92 Å². The summed E-state index contributed by atoms with van der Waals surface area (Å²) in [4.78, 5) is 2.54. The van der Waals surface area contributed by atoms with Gasteiger partial charge in [0.25, 0.3) is 0 Å². The summed E-state index contributed by atoms with van der Waals surface area (Å²) in [5, 5.41) is 0. The van der Waals surface area contributed by atoms with Gasteiger partial charge in [-0.3, -0.25) is 0 Å². The third-order valence-corrected chi connectivity index (χ3v) is 6.97. The molecule has 1 fully saturated rings. The largest absolute Gasteiger partial charge is 0.495 e. The molecule has 0 aliphatic carbocycles. The highest BCUT2D eigenvalue weighted by atomic mass is 79.9. The van der Waals surface area contributed by atoms with Crippen LogP contribution in [-0.2, 0) is 10.0 Å². The summed E-state index contributed by atoms with van der Waals surface area (Å²) in [6.07, 6.45) is 0. The Labute approximate surface area is 157 Å². The monoisotopic (exact) mass is 424 g/mol. The summed E-state index contributed by atoms with van der Waals surface area (Å²) in [7, 11) is -1.83. The first-order valence-electron chi connectivity index (χ1n) is 8.08. The molecule has 1 heterocycles. The van der Waals surface area contributed by atoms with Gasteiger partial charge >= 0.3 is 0 Å². The van der Waals surface area contributed by atoms with Crippen LogP contribution in [0.15, 0.2) is 51.8 Å². The van der Waals surface area contributed by atoms with Crippen LogP contribution < -0.4 is 9.64 Å². The van der Waals surface area contributed by atoms with E-state index in [9.17, 15) is 8.42 Å². The number of ether oxygens (including phenoxy) is 1. The Balaban J connectivity index is 1.77. The molecule has 0 N–H and O–H groups in total. The van der Waals surface area contributed by atoms with E-state index in [-0.39, 0.29) is 0 Å². The molecular formula is C18H21BrN2O3S. The molecule has 25 heavy (non-hydrogen) atoms. The van der Waals surface area contributed by atoms with Gasteiger partial charge in [0.05, 0.1) is 17.7 Å². The molecule has 0 amide bonds. The molecule has 0 saturated carbocycles. The van der Waals surface area contributed by atoms with Crippen LogP contribution in [0.25, 0.3) is 0 Å². The number of anilines is 1. The first-order valence-corrected chi connectivity index (χ1v) is 10.3. The van der Waals surface area contributed by atoms with Gasteiger partial charge < -0.3 is 9.64 Å². The van der Waals surface area contributed by atoms with Crippen molar-refractivity contribution < 1.29 is 13.2 Å². The van der Waals surface area contributed by atoms with Gasteiger partial charge in [-0.1, -0.05) is 28.1 Å². The lowest BCUT2D eigenvalue weighted by molar-refractivity contribution is 0.378. The molecule has 3 rings (SSSR count). The van der Waals surface area contributed by atoms with Gasteiger partial charge in [0, 0.05) is 30.7 Å². The number of rotatable bonds is 4. The lowest BCUT2D eigenvalue weighted by Gasteiger charge is -2.36. The second-order valence-corrected chi connectivity index (χ2v) is 8.79. The predicted molar refractivity (Wildman–Crippen MR) is 103 cm³/mol. The predicted octanol–water partition coefficient (Wildman–Crippen LogP) is 3.28. The Kier molecular flexibility index (Phi) is 5.36. The third-order valence-electron chi connectivity index (χ3n) is 4.42. The lowest BCUT2D eigenvalue weighted by Crippen LogP contribution is -2.48.